The van der Waals surface area contributed by atoms with Crippen LogP contribution in [0.3, 0.4) is 0 Å². The molecule has 0 bridgehead atoms. The Morgan fingerprint density at radius 3 is 2.64 bits per heavy atom. The van der Waals surface area contributed by atoms with Gasteiger partial charge in [0.15, 0.2) is 0 Å². The van der Waals surface area contributed by atoms with Gasteiger partial charge in [-0.3, -0.25) is 14.5 Å². The minimum Gasteiger partial charge on any atom is -0.355 e. The number of carbonyl (C=O) groups excluding carboxylic acids is 2. The van der Waals surface area contributed by atoms with E-state index in [4.69, 9.17) is 11.6 Å². The summed E-state index contributed by atoms with van der Waals surface area (Å²) in [6.45, 7) is 4.84. The first-order valence-corrected chi connectivity index (χ1v) is 8.08. The van der Waals surface area contributed by atoms with E-state index in [1.165, 1.54) is 0 Å². The van der Waals surface area contributed by atoms with Crippen molar-refractivity contribution in [1.82, 2.24) is 15.1 Å². The third-order valence-corrected chi connectivity index (χ3v) is 4.07. The SMILES string of the molecule is CCNC(=O)C1CN(C(=O)CCl)CCN1Cc1ccccc1. The summed E-state index contributed by atoms with van der Waals surface area (Å²) in [5, 5.41) is 2.86. The predicted octanol–water partition coefficient (Wildman–Crippen LogP) is 1.07. The number of benzene rings is 1. The normalized spacial score (nSPS) is 19.0. The Labute approximate surface area is 136 Å². The Hall–Kier alpha value is -1.59. The van der Waals surface area contributed by atoms with Crippen molar-refractivity contribution in [3.8, 4) is 0 Å². The number of hydrogen-bond acceptors (Lipinski definition) is 3. The molecule has 0 radical (unpaired) electrons. The minimum atomic E-state index is -0.332. The summed E-state index contributed by atoms with van der Waals surface area (Å²) < 4.78 is 0. The van der Waals surface area contributed by atoms with Crippen LogP contribution >= 0.6 is 11.6 Å². The summed E-state index contributed by atoms with van der Waals surface area (Å²) in [5.74, 6) is -0.193. The Balaban J connectivity index is 2.10. The van der Waals surface area contributed by atoms with Crippen molar-refractivity contribution in [2.24, 2.45) is 0 Å². The molecule has 0 saturated carbocycles. The van der Waals surface area contributed by atoms with Crippen molar-refractivity contribution in [3.63, 3.8) is 0 Å². The fraction of sp³-hybridized carbons (Fsp3) is 0.500. The Morgan fingerprint density at radius 1 is 1.27 bits per heavy atom. The van der Waals surface area contributed by atoms with Crippen LogP contribution in [-0.2, 0) is 16.1 Å². The lowest BCUT2D eigenvalue weighted by Crippen LogP contribution is -2.59. The van der Waals surface area contributed by atoms with Gasteiger partial charge in [-0.1, -0.05) is 30.3 Å². The highest BCUT2D eigenvalue weighted by molar-refractivity contribution is 6.27. The van der Waals surface area contributed by atoms with Gasteiger partial charge in [-0.25, -0.2) is 0 Å². The van der Waals surface area contributed by atoms with E-state index in [-0.39, 0.29) is 23.7 Å². The summed E-state index contributed by atoms with van der Waals surface area (Å²) >= 11 is 5.63. The van der Waals surface area contributed by atoms with Crippen molar-refractivity contribution in [3.05, 3.63) is 35.9 Å². The Morgan fingerprint density at radius 2 is 2.00 bits per heavy atom. The van der Waals surface area contributed by atoms with Gasteiger partial charge in [-0.15, -0.1) is 11.6 Å². The average molecular weight is 324 g/mol. The molecule has 1 aliphatic rings. The topological polar surface area (TPSA) is 52.7 Å². The van der Waals surface area contributed by atoms with Gasteiger partial charge in [-0.05, 0) is 12.5 Å². The zero-order chi connectivity index (χ0) is 15.9. The van der Waals surface area contributed by atoms with E-state index in [2.05, 4.69) is 10.2 Å². The van der Waals surface area contributed by atoms with Gasteiger partial charge in [0.05, 0.1) is 0 Å². The lowest BCUT2D eigenvalue weighted by molar-refractivity contribution is -0.136. The summed E-state index contributed by atoms with van der Waals surface area (Å²) in [6, 6.07) is 9.71. The van der Waals surface area contributed by atoms with E-state index in [1.807, 2.05) is 37.3 Å². The standard InChI is InChI=1S/C16H22ClN3O2/c1-2-18-16(22)14-12-20(15(21)10-17)9-8-19(14)11-13-6-4-3-5-7-13/h3-7,14H,2,8-12H2,1H3,(H,18,22). The van der Waals surface area contributed by atoms with Crippen LogP contribution in [0.2, 0.25) is 0 Å². The number of nitrogens with zero attached hydrogens (tertiary/aromatic N) is 2. The van der Waals surface area contributed by atoms with Crippen LogP contribution in [0.25, 0.3) is 0 Å². The third kappa shape index (κ3) is 4.21. The van der Waals surface area contributed by atoms with Gasteiger partial charge >= 0.3 is 0 Å². The van der Waals surface area contributed by atoms with E-state index >= 15 is 0 Å². The first-order chi connectivity index (χ1) is 10.7. The molecular weight excluding hydrogens is 302 g/mol. The summed E-state index contributed by atoms with van der Waals surface area (Å²) in [5.41, 5.74) is 1.16. The summed E-state index contributed by atoms with van der Waals surface area (Å²) in [7, 11) is 0. The number of amides is 2. The Bertz CT molecular complexity index is 509. The fourth-order valence-electron chi connectivity index (χ4n) is 2.68. The lowest BCUT2D eigenvalue weighted by Gasteiger charge is -2.40. The quantitative estimate of drug-likeness (QED) is 0.825. The first kappa shape index (κ1) is 16.8. The van der Waals surface area contributed by atoms with Crippen LogP contribution < -0.4 is 5.32 Å². The smallest absolute Gasteiger partial charge is 0.239 e. The number of nitrogens with one attached hydrogen (secondary N) is 1. The average Bonchev–Trinajstić information content (AvgIpc) is 2.55. The maximum absolute atomic E-state index is 12.3. The van der Waals surface area contributed by atoms with Crippen LogP contribution in [0.4, 0.5) is 0 Å². The van der Waals surface area contributed by atoms with E-state index in [0.29, 0.717) is 32.7 Å². The summed E-state index contributed by atoms with van der Waals surface area (Å²) in [6.07, 6.45) is 0. The highest BCUT2D eigenvalue weighted by atomic mass is 35.5. The van der Waals surface area contributed by atoms with Crippen molar-refractivity contribution in [1.29, 1.82) is 0 Å². The molecule has 1 unspecified atom stereocenters. The molecule has 1 fully saturated rings. The van der Waals surface area contributed by atoms with Crippen molar-refractivity contribution < 1.29 is 9.59 Å². The predicted molar refractivity (Wildman–Crippen MR) is 86.6 cm³/mol. The lowest BCUT2D eigenvalue weighted by atomic mass is 10.1. The highest BCUT2D eigenvalue weighted by Gasteiger charge is 2.33. The molecule has 1 aromatic rings. The molecule has 0 spiro atoms. The fourth-order valence-corrected chi connectivity index (χ4v) is 2.85. The first-order valence-electron chi connectivity index (χ1n) is 7.55. The zero-order valence-corrected chi connectivity index (χ0v) is 13.6. The molecule has 1 N–H and O–H groups in total. The molecule has 0 aromatic heterocycles. The van der Waals surface area contributed by atoms with Gasteiger partial charge in [0, 0.05) is 32.7 Å². The number of alkyl halides is 1. The van der Waals surface area contributed by atoms with Gasteiger partial charge in [-0.2, -0.15) is 0 Å². The number of likely N-dealkylation sites (N-methyl/N-ethyl adjacent to an activating group) is 1. The molecule has 1 aromatic carbocycles. The van der Waals surface area contributed by atoms with Crippen LogP contribution in [-0.4, -0.2) is 59.7 Å². The number of carbonyl (C=O) groups is 2. The van der Waals surface area contributed by atoms with Gasteiger partial charge in [0.1, 0.15) is 11.9 Å². The van der Waals surface area contributed by atoms with Gasteiger partial charge in [0.25, 0.3) is 0 Å². The monoisotopic (exact) mass is 323 g/mol. The minimum absolute atomic E-state index is 0.0366. The van der Waals surface area contributed by atoms with Gasteiger partial charge < -0.3 is 10.2 Å². The maximum atomic E-state index is 12.3. The van der Waals surface area contributed by atoms with E-state index < -0.39 is 0 Å². The second-order valence-electron chi connectivity index (χ2n) is 5.34. The highest BCUT2D eigenvalue weighted by Crippen LogP contribution is 2.15. The largest absolute Gasteiger partial charge is 0.355 e. The molecule has 1 atom stereocenters. The molecule has 1 aliphatic heterocycles. The van der Waals surface area contributed by atoms with Crippen molar-refractivity contribution >= 4 is 23.4 Å². The zero-order valence-electron chi connectivity index (χ0n) is 12.8. The number of halogens is 1. The third-order valence-electron chi connectivity index (χ3n) is 3.84. The van der Waals surface area contributed by atoms with Crippen LogP contribution in [0.1, 0.15) is 12.5 Å². The van der Waals surface area contributed by atoms with Crippen LogP contribution in [0, 0.1) is 0 Å². The molecular formula is C16H22ClN3O2. The maximum Gasteiger partial charge on any atom is 0.239 e. The van der Waals surface area contributed by atoms with Crippen molar-refractivity contribution in [2.45, 2.75) is 19.5 Å². The second kappa shape index (κ2) is 8.15. The molecule has 6 heteroatoms. The molecule has 22 heavy (non-hydrogen) atoms. The molecule has 2 amide bonds. The number of piperazine rings is 1. The number of rotatable bonds is 5. The molecule has 1 heterocycles. The second-order valence-corrected chi connectivity index (χ2v) is 5.61. The van der Waals surface area contributed by atoms with Crippen LogP contribution in [0.5, 0.6) is 0 Å². The van der Waals surface area contributed by atoms with Crippen molar-refractivity contribution in [2.75, 3.05) is 32.1 Å². The molecule has 1 saturated heterocycles. The van der Waals surface area contributed by atoms with E-state index in [0.717, 1.165) is 5.56 Å². The van der Waals surface area contributed by atoms with Crippen LogP contribution in [0.15, 0.2) is 30.3 Å². The van der Waals surface area contributed by atoms with E-state index in [9.17, 15) is 9.59 Å². The van der Waals surface area contributed by atoms with Gasteiger partial charge in [0.2, 0.25) is 11.8 Å². The van der Waals surface area contributed by atoms with E-state index in [1.54, 1.807) is 4.90 Å². The Kier molecular flexibility index (Phi) is 6.21. The molecule has 2 rings (SSSR count). The molecule has 5 nitrogen and oxygen atoms in total. The summed E-state index contributed by atoms with van der Waals surface area (Å²) in [4.78, 5) is 27.9. The molecule has 120 valence electrons. The molecule has 0 aliphatic carbocycles. The number of hydrogen-bond donors (Lipinski definition) is 1.